The third kappa shape index (κ3) is 6.61. The van der Waals surface area contributed by atoms with Gasteiger partial charge in [-0.05, 0) is 67.1 Å². The average molecular weight is 628 g/mol. The first-order valence-corrected chi connectivity index (χ1v) is 13.9. The Bertz CT molecular complexity index is 1480. The zero-order valence-electron chi connectivity index (χ0n) is 20.0. The summed E-state index contributed by atoms with van der Waals surface area (Å²) in [5.74, 6) is -1.30. The molecule has 0 unspecified atom stereocenters. The Morgan fingerprint density at radius 1 is 1.00 bits per heavy atom. The van der Waals surface area contributed by atoms with Crippen LogP contribution < -0.4 is 16.0 Å². The molecule has 2 amide bonds. The Hall–Kier alpha value is -3.22. The van der Waals surface area contributed by atoms with Gasteiger partial charge in [0, 0.05) is 37.2 Å². The van der Waals surface area contributed by atoms with Crippen LogP contribution in [0.5, 0.6) is 0 Å². The van der Waals surface area contributed by atoms with Gasteiger partial charge >= 0.3 is 0 Å². The maximum atomic E-state index is 13.5. The molecular formula is C28H21BrCl2N4O2S. The number of amides is 2. The van der Waals surface area contributed by atoms with Crippen LogP contribution in [0.15, 0.2) is 99.1 Å². The van der Waals surface area contributed by atoms with Gasteiger partial charge in [0.05, 0.1) is 28.3 Å². The van der Waals surface area contributed by atoms with Crippen molar-refractivity contribution in [3.63, 3.8) is 0 Å². The lowest BCUT2D eigenvalue weighted by Crippen LogP contribution is -2.31. The van der Waals surface area contributed by atoms with Crippen molar-refractivity contribution in [1.82, 2.24) is 5.32 Å². The second kappa shape index (κ2) is 12.5. The first kappa shape index (κ1) is 27.8. The fourth-order valence-corrected chi connectivity index (χ4v) is 5.47. The van der Waals surface area contributed by atoms with Crippen molar-refractivity contribution >= 4 is 74.1 Å². The third-order valence-electron chi connectivity index (χ3n) is 5.69. The van der Waals surface area contributed by atoms with Crippen molar-refractivity contribution < 1.29 is 9.59 Å². The molecule has 1 atom stereocenters. The molecule has 0 saturated heterocycles. The Morgan fingerprint density at radius 2 is 1.63 bits per heavy atom. The van der Waals surface area contributed by atoms with Gasteiger partial charge in [-0.25, -0.2) is 0 Å². The second-order valence-electron chi connectivity index (χ2n) is 8.28. The van der Waals surface area contributed by atoms with Crippen molar-refractivity contribution in [1.29, 1.82) is 5.26 Å². The van der Waals surface area contributed by atoms with Crippen molar-refractivity contribution in [2.75, 3.05) is 16.4 Å². The molecule has 0 bridgehead atoms. The summed E-state index contributed by atoms with van der Waals surface area (Å²) in [5, 5.41) is 20.6. The van der Waals surface area contributed by atoms with Gasteiger partial charge in [0.2, 0.25) is 5.91 Å². The normalized spacial score (nSPS) is 15.0. The number of carbonyl (C=O) groups is 2. The molecule has 0 radical (unpaired) electrons. The third-order valence-corrected chi connectivity index (χ3v) is 7.83. The number of anilines is 2. The van der Waals surface area contributed by atoms with Crippen molar-refractivity contribution in [2.45, 2.75) is 12.8 Å². The molecular weight excluding hydrogens is 607 g/mol. The molecule has 192 valence electrons. The lowest BCUT2D eigenvalue weighted by atomic mass is 9.82. The van der Waals surface area contributed by atoms with Crippen molar-refractivity contribution in [3.05, 3.63) is 115 Å². The molecule has 0 saturated carbocycles. The Labute approximate surface area is 243 Å². The van der Waals surface area contributed by atoms with E-state index >= 15 is 0 Å². The summed E-state index contributed by atoms with van der Waals surface area (Å²) >= 11 is 17.1. The maximum Gasteiger partial charge on any atom is 0.254 e. The molecule has 0 fully saturated rings. The highest BCUT2D eigenvalue weighted by Gasteiger charge is 2.36. The van der Waals surface area contributed by atoms with Crippen molar-refractivity contribution in [2.24, 2.45) is 0 Å². The minimum Gasteiger partial charge on any atom is -0.353 e. The van der Waals surface area contributed by atoms with Crippen LogP contribution in [-0.2, 0) is 9.59 Å². The van der Waals surface area contributed by atoms with Gasteiger partial charge in [-0.3, -0.25) is 9.59 Å². The fourth-order valence-electron chi connectivity index (χ4n) is 3.95. The zero-order valence-corrected chi connectivity index (χ0v) is 23.9. The quantitative estimate of drug-likeness (QED) is 0.253. The standard InChI is InChI=1S/C28H21BrCl2N4O2S/c1-16-25(27(37)35-20-12-8-18(30)9-13-20)26(21-4-2-3-5-23(21)31)22(14-32)28(33-16)38-15-24(36)34-19-10-6-17(29)7-11-19/h2-13,26,33H,15H2,1H3,(H,34,36)(H,35,37)/t26-/m1/s1. The molecule has 4 rings (SSSR count). The number of hydrogen-bond acceptors (Lipinski definition) is 5. The van der Waals surface area contributed by atoms with E-state index in [2.05, 4.69) is 37.9 Å². The van der Waals surface area contributed by atoms with Crippen molar-refractivity contribution in [3.8, 4) is 6.07 Å². The summed E-state index contributed by atoms with van der Waals surface area (Å²) in [4.78, 5) is 26.2. The van der Waals surface area contributed by atoms with E-state index in [0.29, 0.717) is 48.9 Å². The smallest absolute Gasteiger partial charge is 0.254 e. The number of nitriles is 1. The number of carbonyl (C=O) groups excluding carboxylic acids is 2. The number of rotatable bonds is 7. The number of dihydropyridines is 1. The fraction of sp³-hybridized carbons (Fsp3) is 0.107. The minimum absolute atomic E-state index is 0.0540. The van der Waals surface area contributed by atoms with Gasteiger partial charge in [-0.1, -0.05) is 69.1 Å². The summed E-state index contributed by atoms with van der Waals surface area (Å²) in [7, 11) is 0. The largest absolute Gasteiger partial charge is 0.353 e. The predicted octanol–water partition coefficient (Wildman–Crippen LogP) is 7.46. The van der Waals surface area contributed by atoms with Crippen LogP contribution >= 0.6 is 50.9 Å². The molecule has 6 nitrogen and oxygen atoms in total. The van der Waals surface area contributed by atoms with E-state index in [0.717, 1.165) is 4.47 Å². The van der Waals surface area contributed by atoms with Gasteiger partial charge in [0.15, 0.2) is 0 Å². The van der Waals surface area contributed by atoms with E-state index in [1.54, 1.807) is 67.6 Å². The monoisotopic (exact) mass is 626 g/mol. The Kier molecular flexibility index (Phi) is 9.18. The summed E-state index contributed by atoms with van der Waals surface area (Å²) in [6, 6.07) is 23.4. The minimum atomic E-state index is -0.737. The van der Waals surface area contributed by atoms with Gasteiger partial charge in [0.25, 0.3) is 5.91 Å². The Balaban J connectivity index is 1.63. The predicted molar refractivity (Wildman–Crippen MR) is 158 cm³/mol. The van der Waals surface area contributed by atoms with Crippen LogP contribution in [0.4, 0.5) is 11.4 Å². The second-order valence-corrected chi connectivity index (χ2v) is 11.0. The van der Waals surface area contributed by atoms with Gasteiger partial charge in [-0.2, -0.15) is 5.26 Å². The highest BCUT2D eigenvalue weighted by atomic mass is 79.9. The van der Waals surface area contributed by atoms with Crippen LogP contribution in [0.2, 0.25) is 10.0 Å². The molecule has 0 aliphatic carbocycles. The zero-order chi connectivity index (χ0) is 27.2. The number of thioether (sulfide) groups is 1. The number of nitrogens with one attached hydrogen (secondary N) is 3. The molecule has 10 heteroatoms. The van der Waals surface area contributed by atoms with E-state index in [1.165, 1.54) is 11.8 Å². The number of allylic oxidation sites excluding steroid dienone is 2. The van der Waals surface area contributed by atoms with Crippen LogP contribution in [0.25, 0.3) is 0 Å². The lowest BCUT2D eigenvalue weighted by molar-refractivity contribution is -0.114. The van der Waals surface area contributed by atoms with Crippen LogP contribution in [0, 0.1) is 11.3 Å². The SMILES string of the molecule is CC1=C(C(=O)Nc2ccc(Cl)cc2)[C@H](c2ccccc2Cl)C(C#N)=C(SCC(=O)Nc2ccc(Br)cc2)N1. The summed E-state index contributed by atoms with van der Waals surface area (Å²) in [5.41, 5.74) is 3.04. The lowest BCUT2D eigenvalue weighted by Gasteiger charge is -2.30. The van der Waals surface area contributed by atoms with E-state index in [9.17, 15) is 14.9 Å². The van der Waals surface area contributed by atoms with Crippen LogP contribution in [0.3, 0.4) is 0 Å². The van der Waals surface area contributed by atoms with E-state index < -0.39 is 5.92 Å². The molecule has 3 aromatic rings. The molecule has 1 aliphatic heterocycles. The summed E-state index contributed by atoms with van der Waals surface area (Å²) in [6.07, 6.45) is 0. The van der Waals surface area contributed by atoms with Gasteiger partial charge in [0.1, 0.15) is 0 Å². The average Bonchev–Trinajstić information content (AvgIpc) is 2.90. The topological polar surface area (TPSA) is 94.0 Å². The number of halogens is 3. The first-order chi connectivity index (χ1) is 18.3. The highest BCUT2D eigenvalue weighted by molar-refractivity contribution is 9.10. The molecule has 1 aliphatic rings. The highest BCUT2D eigenvalue weighted by Crippen LogP contribution is 2.43. The van der Waals surface area contributed by atoms with Crippen LogP contribution in [-0.4, -0.2) is 17.6 Å². The van der Waals surface area contributed by atoms with Gasteiger partial charge in [-0.15, -0.1) is 0 Å². The maximum absolute atomic E-state index is 13.5. The number of nitrogens with zero attached hydrogens (tertiary/aromatic N) is 1. The van der Waals surface area contributed by atoms with E-state index in [1.807, 2.05) is 12.1 Å². The summed E-state index contributed by atoms with van der Waals surface area (Å²) < 4.78 is 0.906. The Morgan fingerprint density at radius 3 is 2.29 bits per heavy atom. The van der Waals surface area contributed by atoms with E-state index in [4.69, 9.17) is 23.2 Å². The number of hydrogen-bond donors (Lipinski definition) is 3. The van der Waals surface area contributed by atoms with Gasteiger partial charge < -0.3 is 16.0 Å². The number of benzene rings is 3. The molecule has 3 N–H and O–H groups in total. The summed E-state index contributed by atoms with van der Waals surface area (Å²) in [6.45, 7) is 1.76. The molecule has 3 aromatic carbocycles. The molecule has 0 spiro atoms. The molecule has 1 heterocycles. The van der Waals surface area contributed by atoms with E-state index in [-0.39, 0.29) is 17.6 Å². The molecule has 0 aromatic heterocycles. The van der Waals surface area contributed by atoms with Crippen LogP contribution in [0.1, 0.15) is 18.4 Å². The first-order valence-electron chi connectivity index (χ1n) is 11.4. The molecule has 38 heavy (non-hydrogen) atoms.